The van der Waals surface area contributed by atoms with Gasteiger partial charge >= 0.3 is 0 Å². The van der Waals surface area contributed by atoms with Gasteiger partial charge < -0.3 is 5.32 Å². The lowest BCUT2D eigenvalue weighted by atomic mass is 10.0. The highest BCUT2D eigenvalue weighted by Crippen LogP contribution is 2.28. The molecule has 0 saturated carbocycles. The minimum atomic E-state index is -0.836. The number of imide groups is 1. The van der Waals surface area contributed by atoms with E-state index in [9.17, 15) is 24.0 Å². The third kappa shape index (κ3) is 4.26. The van der Waals surface area contributed by atoms with Crippen molar-refractivity contribution in [2.75, 3.05) is 10.2 Å². The van der Waals surface area contributed by atoms with Crippen LogP contribution in [0.5, 0.6) is 0 Å². The molecule has 1 aliphatic heterocycles. The van der Waals surface area contributed by atoms with Crippen LogP contribution >= 0.6 is 23.2 Å². The molecule has 1 N–H and O–H groups in total. The van der Waals surface area contributed by atoms with Gasteiger partial charge in [-0.05, 0) is 78.2 Å². The Kier molecular flexibility index (Phi) is 5.80. The SMILES string of the molecule is Cc1ccc(N2C(=O)c3ccc(C(=O)Nc4cc(C(=O)Cl)cc(C(=O)Cl)c4)cc3C2=O)nc1. The highest BCUT2D eigenvalue weighted by molar-refractivity contribution is 6.69. The predicted octanol–water partition coefficient (Wildman–Crippen LogP) is 4.20. The number of carbonyl (C=O) groups is 5. The largest absolute Gasteiger partial charge is 0.322 e. The summed E-state index contributed by atoms with van der Waals surface area (Å²) in [5.41, 5.74) is 1.18. The van der Waals surface area contributed by atoms with Crippen molar-refractivity contribution in [3.63, 3.8) is 0 Å². The van der Waals surface area contributed by atoms with Gasteiger partial charge in [-0.2, -0.15) is 0 Å². The first-order chi connectivity index (χ1) is 15.7. The van der Waals surface area contributed by atoms with Crippen LogP contribution in [-0.4, -0.2) is 33.2 Å². The van der Waals surface area contributed by atoms with Gasteiger partial charge in [-0.25, -0.2) is 9.88 Å². The fraction of sp³-hybridized carbons (Fsp3) is 0.0435. The van der Waals surface area contributed by atoms with Crippen LogP contribution in [0.25, 0.3) is 0 Å². The molecule has 0 spiro atoms. The van der Waals surface area contributed by atoms with E-state index in [0.29, 0.717) is 0 Å². The zero-order valence-electron chi connectivity index (χ0n) is 16.9. The van der Waals surface area contributed by atoms with Crippen molar-refractivity contribution in [3.8, 4) is 0 Å². The fourth-order valence-corrected chi connectivity index (χ4v) is 3.53. The van der Waals surface area contributed by atoms with Crippen LogP contribution in [0.15, 0.2) is 54.7 Å². The first-order valence-electron chi connectivity index (χ1n) is 9.47. The molecule has 0 saturated heterocycles. The molecule has 3 aromatic rings. The molecule has 0 fully saturated rings. The summed E-state index contributed by atoms with van der Waals surface area (Å²) >= 11 is 11.0. The average molecular weight is 482 g/mol. The topological polar surface area (TPSA) is 114 Å². The van der Waals surface area contributed by atoms with E-state index in [1.807, 2.05) is 6.92 Å². The number of aromatic nitrogens is 1. The maximum Gasteiger partial charge on any atom is 0.267 e. The normalized spacial score (nSPS) is 12.5. The third-order valence-electron chi connectivity index (χ3n) is 4.92. The van der Waals surface area contributed by atoms with Crippen molar-refractivity contribution in [3.05, 3.63) is 88.1 Å². The summed E-state index contributed by atoms with van der Waals surface area (Å²) in [7, 11) is 0. The van der Waals surface area contributed by atoms with E-state index in [4.69, 9.17) is 23.2 Å². The Morgan fingerprint density at radius 2 is 1.45 bits per heavy atom. The van der Waals surface area contributed by atoms with Crippen molar-refractivity contribution in [1.82, 2.24) is 4.98 Å². The molecule has 2 aromatic carbocycles. The molecular formula is C23H13Cl2N3O5. The number of hydrogen-bond acceptors (Lipinski definition) is 6. The highest BCUT2D eigenvalue weighted by Gasteiger charge is 2.37. The molecule has 2 heterocycles. The Bertz CT molecular complexity index is 1340. The van der Waals surface area contributed by atoms with Crippen molar-refractivity contribution in [2.45, 2.75) is 6.92 Å². The molecule has 1 aliphatic rings. The van der Waals surface area contributed by atoms with E-state index in [2.05, 4.69) is 10.3 Å². The smallest absolute Gasteiger partial charge is 0.267 e. The van der Waals surface area contributed by atoms with E-state index in [0.717, 1.165) is 10.5 Å². The third-order valence-corrected chi connectivity index (χ3v) is 5.35. The lowest BCUT2D eigenvalue weighted by molar-refractivity contribution is 0.0923. The van der Waals surface area contributed by atoms with Gasteiger partial charge in [-0.15, -0.1) is 0 Å². The van der Waals surface area contributed by atoms with Gasteiger partial charge in [0.2, 0.25) is 0 Å². The lowest BCUT2D eigenvalue weighted by Gasteiger charge is -2.12. The summed E-state index contributed by atoms with van der Waals surface area (Å²) in [5.74, 6) is -1.61. The quantitative estimate of drug-likeness (QED) is 0.431. The molecule has 8 nitrogen and oxygen atoms in total. The van der Waals surface area contributed by atoms with Gasteiger partial charge in [0.05, 0.1) is 11.1 Å². The van der Waals surface area contributed by atoms with E-state index in [-0.39, 0.29) is 39.3 Å². The van der Waals surface area contributed by atoms with E-state index >= 15 is 0 Å². The number of nitrogens with zero attached hydrogens (tertiary/aromatic N) is 2. The Balaban J connectivity index is 1.63. The molecule has 0 unspecified atom stereocenters. The summed E-state index contributed by atoms with van der Waals surface area (Å²) in [6.45, 7) is 1.83. The summed E-state index contributed by atoms with van der Waals surface area (Å²) < 4.78 is 0. The lowest BCUT2D eigenvalue weighted by Crippen LogP contribution is -2.30. The van der Waals surface area contributed by atoms with Crippen molar-refractivity contribution < 1.29 is 24.0 Å². The Hall–Kier alpha value is -3.88. The van der Waals surface area contributed by atoms with E-state index in [1.165, 1.54) is 42.6 Å². The number of rotatable bonds is 5. The standard InChI is InChI=1S/C23H13Cl2N3O5/c1-11-2-5-18(26-10-11)28-22(32)16-4-3-12(9-17(16)23(28)33)21(31)27-15-7-13(19(24)29)6-14(8-15)20(25)30/h2-10H,1H3,(H,27,31). The van der Waals surface area contributed by atoms with Crippen LogP contribution in [0, 0.1) is 6.92 Å². The van der Waals surface area contributed by atoms with E-state index in [1.54, 1.807) is 12.1 Å². The first kappa shape index (κ1) is 22.3. The second kappa shape index (κ2) is 8.57. The van der Waals surface area contributed by atoms with Gasteiger partial charge in [-0.3, -0.25) is 24.0 Å². The monoisotopic (exact) mass is 481 g/mol. The zero-order valence-corrected chi connectivity index (χ0v) is 18.4. The van der Waals surface area contributed by atoms with Crippen molar-refractivity contribution in [1.29, 1.82) is 0 Å². The average Bonchev–Trinajstić information content (AvgIpc) is 3.03. The molecule has 164 valence electrons. The molecule has 4 rings (SSSR count). The number of aryl methyl sites for hydroxylation is 1. The van der Waals surface area contributed by atoms with Crippen LogP contribution < -0.4 is 10.2 Å². The summed E-state index contributed by atoms with van der Waals surface area (Å²) in [5, 5.41) is 0.860. The molecule has 0 bridgehead atoms. The number of nitrogens with one attached hydrogen (secondary N) is 1. The van der Waals surface area contributed by atoms with Crippen molar-refractivity contribution in [2.24, 2.45) is 0 Å². The number of amides is 3. The molecule has 3 amide bonds. The molecule has 0 atom stereocenters. The number of halogens is 2. The van der Waals surface area contributed by atoms with Crippen LogP contribution in [0.2, 0.25) is 0 Å². The second-order valence-corrected chi connectivity index (χ2v) is 7.89. The van der Waals surface area contributed by atoms with Gasteiger partial charge in [0.25, 0.3) is 28.2 Å². The molecular weight excluding hydrogens is 469 g/mol. The Labute approximate surface area is 197 Å². The number of hydrogen-bond donors (Lipinski definition) is 1. The van der Waals surface area contributed by atoms with Crippen LogP contribution in [0.4, 0.5) is 11.5 Å². The summed E-state index contributed by atoms with van der Waals surface area (Å²) in [6.07, 6.45) is 1.54. The minimum Gasteiger partial charge on any atom is -0.322 e. The van der Waals surface area contributed by atoms with Crippen LogP contribution in [0.3, 0.4) is 0 Å². The van der Waals surface area contributed by atoms with Gasteiger partial charge in [-0.1, -0.05) is 6.07 Å². The molecule has 1 aromatic heterocycles. The first-order valence-corrected chi connectivity index (χ1v) is 10.2. The minimum absolute atomic E-state index is 0.0329. The highest BCUT2D eigenvalue weighted by atomic mass is 35.5. The molecule has 0 aliphatic carbocycles. The number of anilines is 2. The zero-order chi connectivity index (χ0) is 23.9. The fourth-order valence-electron chi connectivity index (χ4n) is 3.31. The second-order valence-electron chi connectivity index (χ2n) is 7.20. The number of benzene rings is 2. The summed E-state index contributed by atoms with van der Waals surface area (Å²) in [6, 6.07) is 11.1. The summed E-state index contributed by atoms with van der Waals surface area (Å²) in [4.78, 5) is 66.5. The number of fused-ring (bicyclic) bond motifs is 1. The Morgan fingerprint density at radius 1 is 0.818 bits per heavy atom. The van der Waals surface area contributed by atoms with Gasteiger partial charge in [0.1, 0.15) is 5.82 Å². The molecule has 0 radical (unpaired) electrons. The number of carbonyl (C=O) groups excluding carboxylic acids is 5. The number of pyridine rings is 1. The van der Waals surface area contributed by atoms with Crippen LogP contribution in [0.1, 0.15) is 57.4 Å². The van der Waals surface area contributed by atoms with E-state index < -0.39 is 28.2 Å². The van der Waals surface area contributed by atoms with Gasteiger partial charge in [0.15, 0.2) is 0 Å². The Morgan fingerprint density at radius 3 is 2.03 bits per heavy atom. The maximum absolute atomic E-state index is 12.9. The molecule has 10 heteroatoms. The predicted molar refractivity (Wildman–Crippen MR) is 121 cm³/mol. The maximum atomic E-state index is 12.9. The molecule has 33 heavy (non-hydrogen) atoms. The van der Waals surface area contributed by atoms with Gasteiger partial charge in [0, 0.05) is 28.6 Å². The van der Waals surface area contributed by atoms with Crippen LogP contribution in [-0.2, 0) is 0 Å². The van der Waals surface area contributed by atoms with Crippen molar-refractivity contribution >= 4 is 62.9 Å².